The normalized spacial score (nSPS) is 11.7. The maximum Gasteiger partial charge on any atom is 0.320 e. The van der Waals surface area contributed by atoms with E-state index >= 15 is 0 Å². The number of thioether (sulfide) groups is 1. The van der Waals surface area contributed by atoms with E-state index in [9.17, 15) is 5.11 Å². The fourth-order valence-corrected chi connectivity index (χ4v) is 2.12. The van der Waals surface area contributed by atoms with Gasteiger partial charge in [-0.25, -0.2) is 4.99 Å². The monoisotopic (exact) mass is 263 g/mol. The third-order valence-corrected chi connectivity index (χ3v) is 3.12. The highest BCUT2D eigenvalue weighted by Gasteiger charge is 2.03. The lowest BCUT2D eigenvalue weighted by Crippen LogP contribution is -2.27. The third-order valence-electron chi connectivity index (χ3n) is 2.13. The molecule has 18 heavy (non-hydrogen) atoms. The van der Waals surface area contributed by atoms with Crippen LogP contribution in [0.15, 0.2) is 46.0 Å². The lowest BCUT2D eigenvalue weighted by atomic mass is 10.2. The zero-order valence-corrected chi connectivity index (χ0v) is 10.8. The van der Waals surface area contributed by atoms with Gasteiger partial charge in [0.25, 0.3) is 6.20 Å². The van der Waals surface area contributed by atoms with Crippen molar-refractivity contribution >= 4 is 23.5 Å². The van der Waals surface area contributed by atoms with Gasteiger partial charge in [0.2, 0.25) is 0 Å². The van der Waals surface area contributed by atoms with Gasteiger partial charge in [-0.2, -0.15) is 11.8 Å². The Hall–Kier alpha value is -1.82. The maximum atomic E-state index is 11.5. The summed E-state index contributed by atoms with van der Waals surface area (Å²) in [6.07, 6.45) is 1.56. The molecule has 0 spiro atoms. The van der Waals surface area contributed by atoms with Gasteiger partial charge in [0.15, 0.2) is 12.3 Å². The van der Waals surface area contributed by atoms with E-state index in [1.54, 1.807) is 13.2 Å². The van der Waals surface area contributed by atoms with E-state index in [2.05, 4.69) is 10.3 Å². The lowest BCUT2D eigenvalue weighted by Gasteiger charge is -2.08. The van der Waals surface area contributed by atoms with Crippen molar-refractivity contribution in [3.63, 3.8) is 0 Å². The summed E-state index contributed by atoms with van der Waals surface area (Å²) in [5, 5.41) is 15.1. The van der Waals surface area contributed by atoms with Gasteiger partial charge in [-0.05, 0) is 11.5 Å². The summed E-state index contributed by atoms with van der Waals surface area (Å²) in [4.78, 5) is 3.80. The molecular weight excluding hydrogens is 250 g/mol. The number of rotatable bonds is 5. The smallest absolute Gasteiger partial charge is 0.320 e. The number of aryl methyl sites for hydroxylation is 1. The van der Waals surface area contributed by atoms with Gasteiger partial charge in [-0.1, -0.05) is 35.0 Å². The molecule has 0 aliphatic carbocycles. The molecule has 0 aliphatic rings. The van der Waals surface area contributed by atoms with Crippen molar-refractivity contribution in [2.45, 2.75) is 5.75 Å². The summed E-state index contributed by atoms with van der Waals surface area (Å²) in [7, 11) is 1.71. The summed E-state index contributed by atoms with van der Waals surface area (Å²) in [6.45, 7) is 0. The minimum atomic E-state index is -0.215. The molecule has 0 bridgehead atoms. The summed E-state index contributed by atoms with van der Waals surface area (Å²) >= 11 is 1.53. The Labute approximate surface area is 109 Å². The van der Waals surface area contributed by atoms with Gasteiger partial charge in [0, 0.05) is 11.5 Å². The average molecular weight is 263 g/mol. The van der Waals surface area contributed by atoms with Crippen LogP contribution in [0.3, 0.4) is 0 Å². The van der Waals surface area contributed by atoms with Crippen molar-refractivity contribution in [3.8, 4) is 0 Å². The van der Waals surface area contributed by atoms with E-state index < -0.39 is 0 Å². The van der Waals surface area contributed by atoms with Gasteiger partial charge in [-0.3, -0.25) is 4.52 Å². The second-order valence-electron chi connectivity index (χ2n) is 3.70. The van der Waals surface area contributed by atoms with Gasteiger partial charge < -0.3 is 5.11 Å². The SMILES string of the molecule is C[n+]1cc(/N=C(\[O-])CSCc2ccccc2)on1. The molecule has 0 N–H and O–H groups in total. The first-order valence-electron chi connectivity index (χ1n) is 5.43. The second-order valence-corrected chi connectivity index (χ2v) is 4.68. The van der Waals surface area contributed by atoms with E-state index in [1.165, 1.54) is 22.0 Å². The quantitative estimate of drug-likeness (QED) is 0.455. The molecule has 0 radical (unpaired) electrons. The van der Waals surface area contributed by atoms with Gasteiger partial charge >= 0.3 is 5.88 Å². The summed E-state index contributed by atoms with van der Waals surface area (Å²) < 4.78 is 6.28. The fraction of sp³-hybridized carbons (Fsp3) is 0.250. The van der Waals surface area contributed by atoms with E-state index in [4.69, 9.17) is 4.52 Å². The molecule has 0 aliphatic heterocycles. The molecule has 0 fully saturated rings. The van der Waals surface area contributed by atoms with Crippen LogP contribution in [0.1, 0.15) is 5.56 Å². The number of benzene rings is 1. The van der Waals surface area contributed by atoms with E-state index in [1.807, 2.05) is 30.3 Å². The molecule has 0 unspecified atom stereocenters. The van der Waals surface area contributed by atoms with Crippen LogP contribution in [0, 0.1) is 0 Å². The molecule has 1 aromatic carbocycles. The molecule has 1 aromatic heterocycles. The summed E-state index contributed by atoms with van der Waals surface area (Å²) in [5.41, 5.74) is 1.20. The predicted molar refractivity (Wildman–Crippen MR) is 67.4 cm³/mol. The van der Waals surface area contributed by atoms with Crippen LogP contribution in [0.2, 0.25) is 0 Å². The van der Waals surface area contributed by atoms with Crippen LogP contribution in [-0.4, -0.2) is 16.9 Å². The molecule has 6 heteroatoms. The van der Waals surface area contributed by atoms with Crippen molar-refractivity contribution in [1.29, 1.82) is 0 Å². The standard InChI is InChI=1S/C12H13N3O2S/c1-15-7-12(17-14-15)13-11(16)9-18-8-10-5-3-2-4-6-10/h2-7H,8-9H2,1H3. The van der Waals surface area contributed by atoms with Crippen LogP contribution in [0.25, 0.3) is 0 Å². The molecule has 94 valence electrons. The molecule has 2 aromatic rings. The molecule has 2 rings (SSSR count). The number of aromatic nitrogens is 2. The van der Waals surface area contributed by atoms with Crippen LogP contribution >= 0.6 is 11.8 Å². The molecule has 0 amide bonds. The van der Waals surface area contributed by atoms with Crippen molar-refractivity contribution in [3.05, 3.63) is 42.1 Å². The van der Waals surface area contributed by atoms with Crippen molar-refractivity contribution in [2.75, 3.05) is 5.75 Å². The minimum absolute atomic E-state index is 0.215. The van der Waals surface area contributed by atoms with Gasteiger partial charge in [-0.15, -0.1) is 0 Å². The van der Waals surface area contributed by atoms with Crippen LogP contribution in [0.4, 0.5) is 5.88 Å². The number of hydrogen-bond acceptors (Lipinski definition) is 5. The number of nitrogens with zero attached hydrogens (tertiary/aromatic N) is 3. The zero-order chi connectivity index (χ0) is 12.8. The minimum Gasteiger partial charge on any atom is -0.861 e. The first-order valence-corrected chi connectivity index (χ1v) is 6.58. The Kier molecular flexibility index (Phi) is 4.35. The summed E-state index contributed by atoms with van der Waals surface area (Å²) in [6, 6.07) is 10.0. The second kappa shape index (κ2) is 6.20. The van der Waals surface area contributed by atoms with Crippen molar-refractivity contribution < 1.29 is 14.3 Å². The highest BCUT2D eigenvalue weighted by molar-refractivity contribution is 7.99. The van der Waals surface area contributed by atoms with Gasteiger partial charge in [0.1, 0.15) is 0 Å². The Morgan fingerprint density at radius 3 is 2.89 bits per heavy atom. The fourth-order valence-electron chi connectivity index (χ4n) is 1.35. The van der Waals surface area contributed by atoms with E-state index in [0.717, 1.165) is 5.75 Å². The molecular formula is C12H13N3O2S. The largest absolute Gasteiger partial charge is 0.861 e. The van der Waals surface area contributed by atoms with E-state index in [-0.39, 0.29) is 11.8 Å². The highest BCUT2D eigenvalue weighted by atomic mass is 32.2. The van der Waals surface area contributed by atoms with Crippen LogP contribution < -0.4 is 9.79 Å². The van der Waals surface area contributed by atoms with Crippen LogP contribution in [0.5, 0.6) is 0 Å². The zero-order valence-electron chi connectivity index (χ0n) is 9.94. The number of aliphatic imine (C=N–C) groups is 1. The Morgan fingerprint density at radius 1 is 1.44 bits per heavy atom. The molecule has 5 nitrogen and oxygen atoms in total. The van der Waals surface area contributed by atoms with E-state index in [0.29, 0.717) is 5.75 Å². The Bertz CT molecular complexity index is 525. The van der Waals surface area contributed by atoms with Crippen molar-refractivity contribution in [2.24, 2.45) is 12.0 Å². The highest BCUT2D eigenvalue weighted by Crippen LogP contribution is 2.12. The third kappa shape index (κ3) is 3.89. The van der Waals surface area contributed by atoms with Crippen LogP contribution in [-0.2, 0) is 12.8 Å². The molecule has 0 atom stereocenters. The Morgan fingerprint density at radius 2 is 2.22 bits per heavy atom. The molecule has 0 saturated heterocycles. The molecule has 1 heterocycles. The van der Waals surface area contributed by atoms with Crippen molar-refractivity contribution in [1.82, 2.24) is 5.27 Å². The predicted octanol–water partition coefficient (Wildman–Crippen LogP) is 0.823. The molecule has 0 saturated carbocycles. The Balaban J connectivity index is 1.81. The summed E-state index contributed by atoms with van der Waals surface area (Å²) in [5.74, 6) is 1.15. The van der Waals surface area contributed by atoms with Gasteiger partial charge in [0.05, 0.1) is 0 Å². The first-order chi connectivity index (χ1) is 8.74. The topological polar surface area (TPSA) is 65.3 Å². The first kappa shape index (κ1) is 12.6. The number of hydrogen-bond donors (Lipinski definition) is 0. The average Bonchev–Trinajstić information content (AvgIpc) is 2.76. The maximum absolute atomic E-state index is 11.5. The lowest BCUT2D eigenvalue weighted by molar-refractivity contribution is -0.739.